The number of H-pyrrole nitrogens is 1. The van der Waals surface area contributed by atoms with E-state index in [0.717, 1.165) is 28.2 Å². The van der Waals surface area contributed by atoms with Gasteiger partial charge in [0.1, 0.15) is 11.7 Å². The van der Waals surface area contributed by atoms with Gasteiger partial charge in [0.2, 0.25) is 0 Å². The number of aryl methyl sites for hydroxylation is 1. The Morgan fingerprint density at radius 3 is 2.32 bits per heavy atom. The zero-order chi connectivity index (χ0) is 17.8. The molecule has 3 aromatic rings. The number of carbonyl (C=O) groups is 1. The topological polar surface area (TPSA) is 116 Å². The van der Waals surface area contributed by atoms with Crippen molar-refractivity contribution >= 4 is 11.8 Å². The molecule has 6 heteroatoms. The number of hydrogen-bond donors (Lipinski definition) is 4. The molecular weight excluding hydrogens is 316 g/mol. The number of hydrogen-bond acceptors (Lipinski definition) is 3. The number of amidine groups is 1. The molecule has 0 aliphatic carbocycles. The fraction of sp³-hybridized carbons (Fsp3) is 0.105. The zero-order valence-corrected chi connectivity index (χ0v) is 13.5. The highest BCUT2D eigenvalue weighted by molar-refractivity contribution is 5.95. The average molecular weight is 334 g/mol. The van der Waals surface area contributed by atoms with E-state index in [1.807, 2.05) is 36.4 Å². The molecule has 0 saturated carbocycles. The number of aromatic nitrogens is 2. The summed E-state index contributed by atoms with van der Waals surface area (Å²) in [4.78, 5) is 18.3. The van der Waals surface area contributed by atoms with Crippen molar-refractivity contribution in [3.05, 3.63) is 65.9 Å². The van der Waals surface area contributed by atoms with Gasteiger partial charge in [-0.05, 0) is 17.5 Å². The van der Waals surface area contributed by atoms with Gasteiger partial charge in [0.15, 0.2) is 0 Å². The maximum atomic E-state index is 10.6. The number of carboxylic acid groups (broad SMARTS) is 1. The molecule has 6 nitrogen and oxygen atoms in total. The molecule has 5 N–H and O–H groups in total. The summed E-state index contributed by atoms with van der Waals surface area (Å²) in [5, 5.41) is 16.2. The Morgan fingerprint density at radius 2 is 1.72 bits per heavy atom. The van der Waals surface area contributed by atoms with E-state index in [1.165, 1.54) is 0 Å². The number of nitrogens with zero attached hydrogens (tertiary/aromatic N) is 1. The Hall–Kier alpha value is -3.41. The first-order valence-electron chi connectivity index (χ1n) is 7.84. The number of nitrogens with one attached hydrogen (secondary N) is 2. The highest BCUT2D eigenvalue weighted by Gasteiger charge is 2.07. The van der Waals surface area contributed by atoms with Crippen LogP contribution in [0.15, 0.2) is 54.7 Å². The molecule has 126 valence electrons. The fourth-order valence-electron chi connectivity index (χ4n) is 2.52. The smallest absolute Gasteiger partial charge is 0.303 e. The molecule has 2 aromatic carbocycles. The van der Waals surface area contributed by atoms with Crippen LogP contribution in [0.1, 0.15) is 17.5 Å². The van der Waals surface area contributed by atoms with Crippen molar-refractivity contribution in [3.63, 3.8) is 0 Å². The van der Waals surface area contributed by atoms with Crippen LogP contribution >= 0.6 is 0 Å². The van der Waals surface area contributed by atoms with Crippen LogP contribution in [0, 0.1) is 5.41 Å². The van der Waals surface area contributed by atoms with Gasteiger partial charge in [0.05, 0.1) is 11.9 Å². The van der Waals surface area contributed by atoms with Gasteiger partial charge < -0.3 is 15.8 Å². The normalized spacial score (nSPS) is 10.6. The van der Waals surface area contributed by atoms with Gasteiger partial charge in [-0.15, -0.1) is 0 Å². The fourth-order valence-corrected chi connectivity index (χ4v) is 2.52. The number of rotatable bonds is 6. The first kappa shape index (κ1) is 16.4. The van der Waals surface area contributed by atoms with E-state index in [4.69, 9.17) is 16.2 Å². The Bertz CT molecular complexity index is 896. The molecule has 0 aliphatic heterocycles. The number of aromatic amines is 1. The van der Waals surface area contributed by atoms with Gasteiger partial charge in [-0.3, -0.25) is 10.2 Å². The summed E-state index contributed by atoms with van der Waals surface area (Å²) in [5.74, 6) is -0.00851. The molecule has 3 rings (SSSR count). The lowest BCUT2D eigenvalue weighted by Crippen LogP contribution is -2.10. The van der Waals surface area contributed by atoms with E-state index in [2.05, 4.69) is 9.97 Å². The van der Waals surface area contributed by atoms with E-state index in [-0.39, 0.29) is 12.3 Å². The molecule has 0 aliphatic rings. The summed E-state index contributed by atoms with van der Waals surface area (Å²) in [5.41, 5.74) is 9.90. The molecule has 0 spiro atoms. The molecule has 0 radical (unpaired) electrons. The molecule has 1 heterocycles. The third kappa shape index (κ3) is 3.92. The van der Waals surface area contributed by atoms with Gasteiger partial charge in [0, 0.05) is 17.5 Å². The standard InChI is InChI=1S/C19H18N4O2/c20-18(21)14-8-6-13(7-9-14)16-11-22-19(23-16)15-4-1-12(2-5-15)3-10-17(24)25/h1-2,4-9,11H,3,10H2,(H3,20,21)(H,22,23)(H,24,25). The third-order valence-corrected chi connectivity index (χ3v) is 3.94. The third-order valence-electron chi connectivity index (χ3n) is 3.94. The molecule has 0 saturated heterocycles. The van der Waals surface area contributed by atoms with E-state index < -0.39 is 5.97 Å². The Labute approximate surface area is 144 Å². The second kappa shape index (κ2) is 7.00. The molecular formula is C19H18N4O2. The number of aliphatic carboxylic acids is 1. The number of nitrogen functional groups attached to an aromatic ring is 1. The van der Waals surface area contributed by atoms with Crippen LogP contribution in [0.4, 0.5) is 0 Å². The minimum absolute atomic E-state index is 0.0415. The van der Waals surface area contributed by atoms with Crippen molar-refractivity contribution in [1.82, 2.24) is 9.97 Å². The minimum atomic E-state index is -0.796. The highest BCUT2D eigenvalue weighted by atomic mass is 16.4. The largest absolute Gasteiger partial charge is 0.481 e. The van der Waals surface area contributed by atoms with Gasteiger partial charge in [-0.2, -0.15) is 0 Å². The zero-order valence-electron chi connectivity index (χ0n) is 13.5. The molecule has 1 aromatic heterocycles. The van der Waals surface area contributed by atoms with Crippen molar-refractivity contribution in [2.45, 2.75) is 12.8 Å². The summed E-state index contributed by atoms with van der Waals surface area (Å²) < 4.78 is 0. The predicted octanol–water partition coefficient (Wildman–Crippen LogP) is 3.04. The molecule has 0 bridgehead atoms. The van der Waals surface area contributed by atoms with Crippen LogP contribution in [-0.2, 0) is 11.2 Å². The highest BCUT2D eigenvalue weighted by Crippen LogP contribution is 2.23. The first-order chi connectivity index (χ1) is 12.0. The lowest BCUT2D eigenvalue weighted by Gasteiger charge is -2.02. The van der Waals surface area contributed by atoms with Crippen molar-refractivity contribution in [2.75, 3.05) is 0 Å². The van der Waals surface area contributed by atoms with Gasteiger partial charge in [-0.25, -0.2) is 4.98 Å². The van der Waals surface area contributed by atoms with Crippen LogP contribution in [0.3, 0.4) is 0 Å². The van der Waals surface area contributed by atoms with Crippen LogP contribution in [0.2, 0.25) is 0 Å². The molecule has 25 heavy (non-hydrogen) atoms. The summed E-state index contributed by atoms with van der Waals surface area (Å²) in [6.45, 7) is 0. The van der Waals surface area contributed by atoms with E-state index in [0.29, 0.717) is 12.0 Å². The summed E-state index contributed by atoms with van der Waals surface area (Å²) >= 11 is 0. The SMILES string of the molecule is N=C(N)c1ccc(-c2cnc(-c3ccc(CCC(=O)O)cc3)[nH]2)cc1. The van der Waals surface area contributed by atoms with Crippen molar-refractivity contribution in [3.8, 4) is 22.6 Å². The van der Waals surface area contributed by atoms with Crippen LogP contribution in [-0.4, -0.2) is 26.9 Å². The van der Waals surface area contributed by atoms with Gasteiger partial charge in [-0.1, -0.05) is 48.5 Å². The number of benzene rings is 2. The number of imidazole rings is 1. The van der Waals surface area contributed by atoms with Crippen LogP contribution in [0.5, 0.6) is 0 Å². The lowest BCUT2D eigenvalue weighted by molar-refractivity contribution is -0.136. The molecule has 0 atom stereocenters. The van der Waals surface area contributed by atoms with Crippen molar-refractivity contribution in [2.24, 2.45) is 5.73 Å². The van der Waals surface area contributed by atoms with Gasteiger partial charge >= 0.3 is 5.97 Å². The summed E-state index contributed by atoms with van der Waals surface area (Å²) in [6, 6.07) is 15.1. The van der Waals surface area contributed by atoms with Gasteiger partial charge in [0.25, 0.3) is 0 Å². The Morgan fingerprint density at radius 1 is 1.08 bits per heavy atom. The Balaban J connectivity index is 1.76. The first-order valence-corrected chi connectivity index (χ1v) is 7.84. The van der Waals surface area contributed by atoms with E-state index in [9.17, 15) is 4.79 Å². The maximum Gasteiger partial charge on any atom is 0.303 e. The maximum absolute atomic E-state index is 10.6. The minimum Gasteiger partial charge on any atom is -0.481 e. The second-order valence-corrected chi connectivity index (χ2v) is 5.73. The number of carboxylic acids is 1. The van der Waals surface area contributed by atoms with Crippen molar-refractivity contribution < 1.29 is 9.90 Å². The van der Waals surface area contributed by atoms with Crippen molar-refractivity contribution in [1.29, 1.82) is 5.41 Å². The number of nitrogens with two attached hydrogens (primary N) is 1. The quantitative estimate of drug-likeness (QED) is 0.409. The Kier molecular flexibility index (Phi) is 4.61. The molecule has 0 unspecified atom stereocenters. The summed E-state index contributed by atoms with van der Waals surface area (Å²) in [6.07, 6.45) is 2.40. The lowest BCUT2D eigenvalue weighted by atomic mass is 10.1. The van der Waals surface area contributed by atoms with Crippen LogP contribution < -0.4 is 5.73 Å². The second-order valence-electron chi connectivity index (χ2n) is 5.73. The molecule has 0 amide bonds. The monoisotopic (exact) mass is 334 g/mol. The van der Waals surface area contributed by atoms with Crippen LogP contribution in [0.25, 0.3) is 22.6 Å². The average Bonchev–Trinajstić information content (AvgIpc) is 3.10. The summed E-state index contributed by atoms with van der Waals surface area (Å²) in [7, 11) is 0. The predicted molar refractivity (Wildman–Crippen MR) is 96.4 cm³/mol. The molecule has 0 fully saturated rings. The van der Waals surface area contributed by atoms with E-state index in [1.54, 1.807) is 18.3 Å². The van der Waals surface area contributed by atoms with E-state index >= 15 is 0 Å².